The second-order valence-electron chi connectivity index (χ2n) is 2.61. The molecule has 2 rings (SSSR count). The summed E-state index contributed by atoms with van der Waals surface area (Å²) >= 11 is 5.11. The fourth-order valence-corrected chi connectivity index (χ4v) is 2.52. The molecule has 0 aliphatic rings. The van der Waals surface area contributed by atoms with Crippen LogP contribution >= 0.6 is 27.3 Å². The van der Waals surface area contributed by atoms with Crippen molar-refractivity contribution >= 4 is 33.0 Å². The topological polar surface area (TPSA) is 38.9 Å². The molecule has 0 amide bonds. The predicted molar refractivity (Wildman–Crippen MR) is 59.7 cm³/mol. The summed E-state index contributed by atoms with van der Waals surface area (Å²) in [7, 11) is 0. The van der Waals surface area contributed by atoms with E-state index in [0.717, 1.165) is 15.7 Å². The van der Waals surface area contributed by atoms with Gasteiger partial charge in [-0.05, 0) is 28.1 Å². The molecule has 2 heterocycles. The fourth-order valence-electron chi connectivity index (χ4n) is 1.03. The second-order valence-corrected chi connectivity index (χ2v) is 4.21. The minimum absolute atomic E-state index is 0.690. The number of nitrogens with zero attached hydrogens (tertiary/aromatic N) is 1. The van der Waals surface area contributed by atoms with Crippen LogP contribution in [-0.4, -0.2) is 4.98 Å². The van der Waals surface area contributed by atoms with Crippen molar-refractivity contribution in [2.24, 2.45) is 0 Å². The molecule has 0 radical (unpaired) electrons. The molecule has 66 valence electrons. The summed E-state index contributed by atoms with van der Waals surface area (Å²) in [6.45, 7) is 0. The Balaban J connectivity index is 2.47. The van der Waals surface area contributed by atoms with Crippen molar-refractivity contribution in [3.8, 4) is 11.3 Å². The Hall–Kier alpha value is -0.870. The molecule has 0 fully saturated rings. The molecule has 0 aliphatic heterocycles. The monoisotopic (exact) mass is 254 g/mol. The highest BCUT2D eigenvalue weighted by molar-refractivity contribution is 9.10. The van der Waals surface area contributed by atoms with Crippen molar-refractivity contribution in [2.75, 3.05) is 5.73 Å². The van der Waals surface area contributed by atoms with E-state index in [1.165, 1.54) is 0 Å². The number of halogens is 1. The van der Waals surface area contributed by atoms with Crippen molar-refractivity contribution in [1.82, 2.24) is 4.98 Å². The van der Waals surface area contributed by atoms with Gasteiger partial charge in [0.25, 0.3) is 0 Å². The number of nitrogen functional groups attached to an aromatic ring is 1. The van der Waals surface area contributed by atoms with Crippen LogP contribution in [0.4, 0.5) is 5.69 Å². The van der Waals surface area contributed by atoms with E-state index in [9.17, 15) is 0 Å². The molecule has 0 atom stereocenters. The molecule has 13 heavy (non-hydrogen) atoms. The summed E-state index contributed by atoms with van der Waals surface area (Å²) in [5.74, 6) is 0. The Morgan fingerprint density at radius 2 is 2.15 bits per heavy atom. The smallest absolute Gasteiger partial charge is 0.0723 e. The minimum Gasteiger partial charge on any atom is -0.397 e. The number of pyridine rings is 1. The Morgan fingerprint density at radius 1 is 1.31 bits per heavy atom. The van der Waals surface area contributed by atoms with Gasteiger partial charge in [-0.1, -0.05) is 0 Å². The van der Waals surface area contributed by atoms with Gasteiger partial charge in [-0.3, -0.25) is 4.98 Å². The van der Waals surface area contributed by atoms with Crippen LogP contribution in [0.1, 0.15) is 0 Å². The summed E-state index contributed by atoms with van der Waals surface area (Å²) in [4.78, 5) is 4.23. The summed E-state index contributed by atoms with van der Waals surface area (Å²) in [6, 6.07) is 3.77. The van der Waals surface area contributed by atoms with Gasteiger partial charge in [-0.2, -0.15) is 11.3 Å². The highest BCUT2D eigenvalue weighted by Crippen LogP contribution is 2.30. The Morgan fingerprint density at radius 3 is 2.69 bits per heavy atom. The lowest BCUT2D eigenvalue weighted by atomic mass is 10.2. The first-order valence-electron chi connectivity index (χ1n) is 3.71. The average molecular weight is 255 g/mol. The summed E-state index contributed by atoms with van der Waals surface area (Å²) < 4.78 is 1.08. The number of hydrogen-bond acceptors (Lipinski definition) is 3. The molecule has 0 bridgehead atoms. The van der Waals surface area contributed by atoms with Gasteiger partial charge >= 0.3 is 0 Å². The SMILES string of the molecule is Nc1ccc(-c2cscc2Br)nc1. The van der Waals surface area contributed by atoms with E-state index in [0.29, 0.717) is 5.69 Å². The van der Waals surface area contributed by atoms with Gasteiger partial charge in [0.05, 0.1) is 17.6 Å². The van der Waals surface area contributed by atoms with Crippen LogP contribution in [0.5, 0.6) is 0 Å². The quantitative estimate of drug-likeness (QED) is 0.850. The zero-order chi connectivity index (χ0) is 9.26. The number of hydrogen-bond donors (Lipinski definition) is 1. The Labute approximate surface area is 88.6 Å². The fraction of sp³-hybridized carbons (Fsp3) is 0. The summed E-state index contributed by atoms with van der Waals surface area (Å²) in [5, 5.41) is 4.09. The van der Waals surface area contributed by atoms with E-state index in [1.807, 2.05) is 17.5 Å². The lowest BCUT2D eigenvalue weighted by molar-refractivity contribution is 1.33. The third-order valence-corrected chi connectivity index (χ3v) is 3.38. The zero-order valence-electron chi connectivity index (χ0n) is 6.70. The largest absolute Gasteiger partial charge is 0.397 e. The molecule has 0 aromatic carbocycles. The molecule has 0 unspecified atom stereocenters. The minimum atomic E-state index is 0.690. The third-order valence-electron chi connectivity index (χ3n) is 1.68. The Kier molecular flexibility index (Phi) is 2.33. The highest BCUT2D eigenvalue weighted by atomic mass is 79.9. The van der Waals surface area contributed by atoms with Crippen molar-refractivity contribution in [3.63, 3.8) is 0 Å². The molecular weight excluding hydrogens is 248 g/mol. The molecule has 0 saturated carbocycles. The number of aromatic nitrogens is 1. The summed E-state index contributed by atoms with van der Waals surface area (Å²) in [5.41, 5.74) is 8.30. The number of anilines is 1. The van der Waals surface area contributed by atoms with Gasteiger partial charge in [0, 0.05) is 20.8 Å². The maximum Gasteiger partial charge on any atom is 0.0723 e. The number of rotatable bonds is 1. The van der Waals surface area contributed by atoms with E-state index in [2.05, 4.69) is 26.3 Å². The van der Waals surface area contributed by atoms with Crippen LogP contribution < -0.4 is 5.73 Å². The van der Waals surface area contributed by atoms with Gasteiger partial charge in [-0.25, -0.2) is 0 Å². The summed E-state index contributed by atoms with van der Waals surface area (Å²) in [6.07, 6.45) is 1.67. The average Bonchev–Trinajstić information content (AvgIpc) is 2.53. The first-order chi connectivity index (χ1) is 6.27. The van der Waals surface area contributed by atoms with Crippen LogP contribution in [0.2, 0.25) is 0 Å². The molecule has 2 aromatic rings. The van der Waals surface area contributed by atoms with Crippen LogP contribution in [-0.2, 0) is 0 Å². The van der Waals surface area contributed by atoms with Gasteiger partial charge in [0.2, 0.25) is 0 Å². The first kappa shape index (κ1) is 8.72. The van der Waals surface area contributed by atoms with Crippen LogP contribution in [0.3, 0.4) is 0 Å². The van der Waals surface area contributed by atoms with Crippen molar-refractivity contribution in [1.29, 1.82) is 0 Å². The predicted octanol–water partition coefficient (Wildman–Crippen LogP) is 3.15. The second kappa shape index (κ2) is 3.47. The van der Waals surface area contributed by atoms with Crippen LogP contribution in [0, 0.1) is 0 Å². The lowest BCUT2D eigenvalue weighted by Gasteiger charge is -1.98. The molecule has 2 aromatic heterocycles. The normalized spacial score (nSPS) is 10.2. The number of thiophene rings is 1. The van der Waals surface area contributed by atoms with E-state index in [-0.39, 0.29) is 0 Å². The molecule has 0 spiro atoms. The van der Waals surface area contributed by atoms with Crippen molar-refractivity contribution in [2.45, 2.75) is 0 Å². The maximum absolute atomic E-state index is 5.55. The molecule has 0 saturated heterocycles. The van der Waals surface area contributed by atoms with E-state index < -0.39 is 0 Å². The standard InChI is InChI=1S/C9H7BrN2S/c10-8-5-13-4-7(8)9-2-1-6(11)3-12-9/h1-5H,11H2. The molecule has 2 nitrogen and oxygen atoms in total. The maximum atomic E-state index is 5.55. The van der Waals surface area contributed by atoms with Gasteiger partial charge in [0.1, 0.15) is 0 Å². The van der Waals surface area contributed by atoms with Crippen LogP contribution in [0.25, 0.3) is 11.3 Å². The van der Waals surface area contributed by atoms with Gasteiger partial charge in [-0.15, -0.1) is 0 Å². The van der Waals surface area contributed by atoms with E-state index >= 15 is 0 Å². The van der Waals surface area contributed by atoms with Crippen molar-refractivity contribution < 1.29 is 0 Å². The van der Waals surface area contributed by atoms with E-state index in [1.54, 1.807) is 17.5 Å². The van der Waals surface area contributed by atoms with Crippen LogP contribution in [0.15, 0.2) is 33.6 Å². The Bertz CT molecular complexity index is 408. The highest BCUT2D eigenvalue weighted by Gasteiger charge is 2.04. The van der Waals surface area contributed by atoms with Gasteiger partial charge in [0.15, 0.2) is 0 Å². The number of nitrogens with two attached hydrogens (primary N) is 1. The van der Waals surface area contributed by atoms with Gasteiger partial charge < -0.3 is 5.73 Å². The molecule has 2 N–H and O–H groups in total. The zero-order valence-corrected chi connectivity index (χ0v) is 9.10. The van der Waals surface area contributed by atoms with Crippen molar-refractivity contribution in [3.05, 3.63) is 33.6 Å². The molecule has 0 aliphatic carbocycles. The first-order valence-corrected chi connectivity index (χ1v) is 5.44. The molecule has 4 heteroatoms. The third kappa shape index (κ3) is 1.73. The molecular formula is C9H7BrN2S. The van der Waals surface area contributed by atoms with E-state index in [4.69, 9.17) is 5.73 Å². The lowest BCUT2D eigenvalue weighted by Crippen LogP contribution is -1.87.